The van der Waals surface area contributed by atoms with Crippen molar-refractivity contribution >= 4 is 23.4 Å². The quantitative estimate of drug-likeness (QED) is 0.238. The van der Waals surface area contributed by atoms with Gasteiger partial charge in [0.25, 0.3) is 5.56 Å². The second-order valence-electron chi connectivity index (χ2n) is 9.78. The van der Waals surface area contributed by atoms with Crippen LogP contribution in [0.5, 0.6) is 0 Å². The fourth-order valence-electron chi connectivity index (χ4n) is 5.13. The Hall–Kier alpha value is -4.81. The molecule has 0 saturated carbocycles. The molecule has 2 N–H and O–H groups in total. The number of hydrogen-bond donors (Lipinski definition) is 2. The molecule has 0 aliphatic carbocycles. The van der Waals surface area contributed by atoms with Crippen LogP contribution in [0, 0.1) is 0 Å². The second kappa shape index (κ2) is 12.0. The number of aromatic nitrogens is 7. The topological polar surface area (TPSA) is 142 Å². The number of carbonyl (C=O) groups excluding carboxylic acids is 1. The van der Waals surface area contributed by atoms with Crippen molar-refractivity contribution in [2.75, 3.05) is 25.6 Å². The first kappa shape index (κ1) is 27.4. The zero-order chi connectivity index (χ0) is 29.1. The lowest BCUT2D eigenvalue weighted by molar-refractivity contribution is 0.134. The van der Waals surface area contributed by atoms with Crippen molar-refractivity contribution in [2.45, 2.75) is 25.3 Å². The van der Waals surface area contributed by atoms with E-state index >= 15 is 0 Å². The number of nitrogens with one attached hydrogen (secondary N) is 2. The number of hydrogen-bond acceptors (Lipinski definition) is 8. The normalized spacial score (nSPS) is 14.1. The van der Waals surface area contributed by atoms with Crippen molar-refractivity contribution in [2.24, 2.45) is 0 Å². The molecule has 1 amide bonds. The Kier molecular flexibility index (Phi) is 7.80. The summed E-state index contributed by atoms with van der Waals surface area (Å²) in [7, 11) is 1.60. The highest BCUT2D eigenvalue weighted by molar-refractivity contribution is 6.31. The number of halogens is 1. The van der Waals surface area contributed by atoms with E-state index in [-0.39, 0.29) is 18.2 Å². The van der Waals surface area contributed by atoms with Gasteiger partial charge < -0.3 is 19.0 Å². The van der Waals surface area contributed by atoms with Gasteiger partial charge in [0.2, 0.25) is 0 Å². The molecule has 214 valence electrons. The number of anilines is 1. The van der Waals surface area contributed by atoms with Crippen molar-refractivity contribution in [3.8, 4) is 28.1 Å². The number of aryl methyl sites for hydroxylation is 1. The van der Waals surface area contributed by atoms with E-state index < -0.39 is 6.09 Å². The fourth-order valence-corrected chi connectivity index (χ4v) is 5.30. The van der Waals surface area contributed by atoms with E-state index in [1.165, 1.54) is 6.33 Å². The first-order valence-electron chi connectivity index (χ1n) is 13.4. The number of rotatable bonds is 9. The Balaban J connectivity index is 1.20. The third kappa shape index (κ3) is 5.67. The molecule has 0 spiro atoms. The van der Waals surface area contributed by atoms with Crippen molar-refractivity contribution in [1.29, 1.82) is 0 Å². The molecule has 2 aromatic carbocycles. The van der Waals surface area contributed by atoms with Gasteiger partial charge in [-0.3, -0.25) is 10.1 Å². The highest BCUT2D eigenvalue weighted by Crippen LogP contribution is 2.34. The summed E-state index contributed by atoms with van der Waals surface area (Å²) in [4.78, 5) is 33.4. The number of tetrazole rings is 1. The van der Waals surface area contributed by atoms with Gasteiger partial charge in [0.1, 0.15) is 12.2 Å². The van der Waals surface area contributed by atoms with E-state index in [1.54, 1.807) is 46.8 Å². The Labute approximate surface area is 245 Å². The average molecular weight is 587 g/mol. The number of carbonyl (C=O) groups is 1. The summed E-state index contributed by atoms with van der Waals surface area (Å²) in [5.74, 6) is 0.706. The van der Waals surface area contributed by atoms with E-state index in [1.807, 2.05) is 30.3 Å². The van der Waals surface area contributed by atoms with Gasteiger partial charge in [0.15, 0.2) is 0 Å². The van der Waals surface area contributed by atoms with Crippen LogP contribution in [-0.4, -0.2) is 61.2 Å². The number of imidazole rings is 1. The zero-order valence-corrected chi connectivity index (χ0v) is 23.4. The summed E-state index contributed by atoms with van der Waals surface area (Å²) >= 11 is 6.32. The first-order chi connectivity index (χ1) is 20.5. The predicted octanol–water partition coefficient (Wildman–Crippen LogP) is 4.66. The maximum Gasteiger partial charge on any atom is 0.411 e. The lowest BCUT2D eigenvalue weighted by Gasteiger charge is -2.15. The number of aromatic amines is 1. The van der Waals surface area contributed by atoms with Gasteiger partial charge in [-0.25, -0.2) is 9.78 Å². The third-order valence-corrected chi connectivity index (χ3v) is 7.31. The minimum Gasteiger partial charge on any atom is -0.449 e. The largest absolute Gasteiger partial charge is 0.449 e. The molecule has 3 aromatic heterocycles. The number of methoxy groups -OCH3 is 1. The third-order valence-electron chi connectivity index (χ3n) is 7.08. The lowest BCUT2D eigenvalue weighted by Crippen LogP contribution is -2.23. The molecule has 0 radical (unpaired) electrons. The van der Waals surface area contributed by atoms with Crippen LogP contribution >= 0.6 is 11.6 Å². The summed E-state index contributed by atoms with van der Waals surface area (Å²) in [5, 5.41) is 14.7. The van der Waals surface area contributed by atoms with Crippen LogP contribution in [-0.2, 0) is 15.9 Å². The minimum atomic E-state index is -0.516. The van der Waals surface area contributed by atoms with Gasteiger partial charge in [0.05, 0.1) is 30.2 Å². The molecule has 13 heteroatoms. The van der Waals surface area contributed by atoms with Crippen LogP contribution in [0.4, 0.5) is 10.5 Å². The molecule has 1 aliphatic heterocycles. The Morgan fingerprint density at radius 1 is 1.12 bits per heavy atom. The maximum atomic E-state index is 13.5. The van der Waals surface area contributed by atoms with E-state index in [2.05, 4.69) is 30.8 Å². The van der Waals surface area contributed by atoms with Crippen molar-refractivity contribution in [3.63, 3.8) is 0 Å². The molecule has 12 nitrogen and oxygen atoms in total. The molecule has 0 bridgehead atoms. The summed E-state index contributed by atoms with van der Waals surface area (Å²) in [6, 6.07) is 16.1. The van der Waals surface area contributed by atoms with Crippen LogP contribution in [0.2, 0.25) is 5.02 Å². The van der Waals surface area contributed by atoms with Crippen LogP contribution in [0.15, 0.2) is 71.9 Å². The van der Waals surface area contributed by atoms with Crippen molar-refractivity contribution < 1.29 is 14.3 Å². The molecule has 1 aliphatic rings. The van der Waals surface area contributed by atoms with Gasteiger partial charge in [-0.15, -0.1) is 5.10 Å². The molecule has 0 unspecified atom stereocenters. The number of amides is 1. The Morgan fingerprint density at radius 3 is 2.76 bits per heavy atom. The molecular weight excluding hydrogens is 560 g/mol. The molecule has 42 heavy (non-hydrogen) atoms. The number of pyridine rings is 1. The minimum absolute atomic E-state index is 0.130. The average Bonchev–Trinajstić information content (AvgIpc) is 3.77. The Morgan fingerprint density at radius 2 is 1.98 bits per heavy atom. The molecule has 4 heterocycles. The number of nitrogens with zero attached hydrogens (tertiary/aromatic N) is 6. The first-order valence-corrected chi connectivity index (χ1v) is 13.7. The van der Waals surface area contributed by atoms with Crippen LogP contribution in [0.3, 0.4) is 0 Å². The second-order valence-corrected chi connectivity index (χ2v) is 10.2. The van der Waals surface area contributed by atoms with Crippen LogP contribution in [0.25, 0.3) is 28.1 Å². The maximum absolute atomic E-state index is 13.5. The molecule has 0 saturated heterocycles. The fraction of sp³-hybridized carbons (Fsp3) is 0.241. The number of H-pyrrole nitrogens is 1. The summed E-state index contributed by atoms with van der Waals surface area (Å²) < 4.78 is 13.4. The van der Waals surface area contributed by atoms with E-state index in [4.69, 9.17) is 21.1 Å². The van der Waals surface area contributed by atoms with E-state index in [0.29, 0.717) is 36.0 Å². The lowest BCUT2D eigenvalue weighted by atomic mass is 10.0. The highest BCUT2D eigenvalue weighted by atomic mass is 35.5. The molecule has 5 aromatic rings. The van der Waals surface area contributed by atoms with E-state index in [9.17, 15) is 9.59 Å². The standard InChI is InChI=1S/C29H27ClN8O4/c1-41-11-2-12-42-29(40)33-21-6-3-18(4-7-21)24-16-31-28(34-24)26-10-8-22-13-19(14-27(39)38(22)26)23-15-20(30)5-9-25(23)37-17-32-35-36-37/h3-7,9,13-17,26H,2,8,10-12H2,1H3,(H,31,34)(H,33,40)/t26-/m0/s1. The van der Waals surface area contributed by atoms with Crippen LogP contribution in [0.1, 0.15) is 30.4 Å². The van der Waals surface area contributed by atoms with E-state index in [0.717, 1.165) is 40.2 Å². The van der Waals surface area contributed by atoms with Crippen molar-refractivity contribution in [1.82, 2.24) is 34.7 Å². The monoisotopic (exact) mass is 586 g/mol. The number of fused-ring (bicyclic) bond motifs is 1. The van der Waals surface area contributed by atoms with Gasteiger partial charge in [0, 0.05) is 48.2 Å². The highest BCUT2D eigenvalue weighted by Gasteiger charge is 2.28. The molecular formula is C29H27ClN8O4. The molecule has 0 fully saturated rings. The SMILES string of the molecule is COCCCOC(=O)Nc1ccc(-c2cnc([C@@H]3CCc4cc(-c5cc(Cl)ccc5-n5cnnn5)cc(=O)n43)[nH]2)cc1. The summed E-state index contributed by atoms with van der Waals surface area (Å²) in [5.41, 5.74) is 5.32. The smallest absolute Gasteiger partial charge is 0.411 e. The zero-order valence-electron chi connectivity index (χ0n) is 22.7. The number of ether oxygens (including phenoxy) is 2. The summed E-state index contributed by atoms with van der Waals surface area (Å²) in [6.45, 7) is 0.814. The van der Waals surface area contributed by atoms with Gasteiger partial charge in [-0.05, 0) is 70.8 Å². The van der Waals surface area contributed by atoms with Crippen molar-refractivity contribution in [3.05, 3.63) is 94.0 Å². The number of benzene rings is 2. The van der Waals surface area contributed by atoms with Gasteiger partial charge in [-0.1, -0.05) is 23.7 Å². The van der Waals surface area contributed by atoms with Gasteiger partial charge in [-0.2, -0.15) is 4.68 Å². The molecule has 1 atom stereocenters. The predicted molar refractivity (Wildman–Crippen MR) is 156 cm³/mol. The Bertz CT molecular complexity index is 1770. The van der Waals surface area contributed by atoms with Crippen LogP contribution < -0.4 is 10.9 Å². The van der Waals surface area contributed by atoms with Gasteiger partial charge >= 0.3 is 6.09 Å². The molecule has 6 rings (SSSR count). The summed E-state index contributed by atoms with van der Waals surface area (Å²) in [6.07, 6.45) is 4.82.